The maximum atomic E-state index is 13.3. The fourth-order valence-electron chi connectivity index (χ4n) is 5.13. The van der Waals surface area contributed by atoms with Crippen molar-refractivity contribution in [3.8, 4) is 5.75 Å². The first-order valence-electron chi connectivity index (χ1n) is 13.4. The summed E-state index contributed by atoms with van der Waals surface area (Å²) in [6.45, 7) is 4.73. The standard InChI is InChI=1S/C31H33N3O5/c1-22-16-30(36)39-28-18-26(12-13-27(22)28)38-31(37)34-15-14-33(20-24-10-6-3-7-11-24)21-25(34)19-32-29(35)17-23-8-4-2-5-9-23/h2,4-6,8-13,16,18,25H,3,7,14-15,17,19-21H2,1H3,(H,32,35). The van der Waals surface area contributed by atoms with Gasteiger partial charge in [0.1, 0.15) is 11.3 Å². The Morgan fingerprint density at radius 2 is 1.92 bits per heavy atom. The van der Waals surface area contributed by atoms with Gasteiger partial charge in [0.25, 0.3) is 0 Å². The molecule has 39 heavy (non-hydrogen) atoms. The summed E-state index contributed by atoms with van der Waals surface area (Å²) in [7, 11) is 0. The Balaban J connectivity index is 1.28. The maximum absolute atomic E-state index is 13.3. The molecule has 2 amide bonds. The summed E-state index contributed by atoms with van der Waals surface area (Å²) in [5, 5.41) is 3.80. The van der Waals surface area contributed by atoms with E-state index >= 15 is 0 Å². The molecule has 2 heterocycles. The van der Waals surface area contributed by atoms with Crippen molar-refractivity contribution in [2.24, 2.45) is 0 Å². The largest absolute Gasteiger partial charge is 0.423 e. The van der Waals surface area contributed by atoms with Gasteiger partial charge in [-0.1, -0.05) is 48.6 Å². The van der Waals surface area contributed by atoms with Crippen LogP contribution in [-0.4, -0.2) is 60.6 Å². The van der Waals surface area contributed by atoms with Crippen molar-refractivity contribution in [1.82, 2.24) is 15.1 Å². The second kappa shape index (κ2) is 12.1. The van der Waals surface area contributed by atoms with Crippen molar-refractivity contribution in [2.75, 3.05) is 32.7 Å². The SMILES string of the molecule is Cc1cc(=O)oc2cc(OC(=O)N3CCN(CC4=CCCC=C4)CC3CNC(=O)Cc3ccccc3)ccc12. The number of nitrogens with zero attached hydrogens (tertiary/aromatic N) is 2. The second-order valence-electron chi connectivity index (χ2n) is 10.1. The van der Waals surface area contributed by atoms with Crippen LogP contribution in [0, 0.1) is 6.92 Å². The molecule has 8 heteroatoms. The minimum absolute atomic E-state index is 0.0931. The molecule has 1 saturated heterocycles. The quantitative estimate of drug-likeness (QED) is 0.463. The highest BCUT2D eigenvalue weighted by Crippen LogP contribution is 2.24. The lowest BCUT2D eigenvalue weighted by atomic mass is 10.1. The Labute approximate surface area is 227 Å². The summed E-state index contributed by atoms with van der Waals surface area (Å²) < 4.78 is 11.0. The predicted molar refractivity (Wildman–Crippen MR) is 150 cm³/mol. The number of hydrogen-bond acceptors (Lipinski definition) is 6. The van der Waals surface area contributed by atoms with Crippen LogP contribution in [0.2, 0.25) is 0 Å². The van der Waals surface area contributed by atoms with Crippen LogP contribution in [-0.2, 0) is 11.2 Å². The van der Waals surface area contributed by atoms with E-state index < -0.39 is 11.7 Å². The summed E-state index contributed by atoms with van der Waals surface area (Å²) in [5.41, 5.74) is 2.93. The van der Waals surface area contributed by atoms with Crippen LogP contribution in [0.3, 0.4) is 0 Å². The normalized spacial score (nSPS) is 17.6. The molecular formula is C31H33N3O5. The van der Waals surface area contributed by atoms with Crippen molar-refractivity contribution in [3.63, 3.8) is 0 Å². The van der Waals surface area contributed by atoms with Gasteiger partial charge in [-0.25, -0.2) is 9.59 Å². The number of ether oxygens (including phenoxy) is 1. The molecule has 1 aliphatic heterocycles. The number of aryl methyl sites for hydroxylation is 1. The van der Waals surface area contributed by atoms with Crippen LogP contribution in [0.4, 0.5) is 4.79 Å². The zero-order chi connectivity index (χ0) is 27.2. The average molecular weight is 528 g/mol. The first-order chi connectivity index (χ1) is 18.9. The van der Waals surface area contributed by atoms with E-state index in [4.69, 9.17) is 9.15 Å². The fraction of sp³-hybridized carbons (Fsp3) is 0.323. The molecule has 1 aliphatic carbocycles. The van der Waals surface area contributed by atoms with Gasteiger partial charge in [0.2, 0.25) is 5.91 Å². The number of carbonyl (C=O) groups excluding carboxylic acids is 2. The number of allylic oxidation sites excluding steroid dienone is 2. The molecule has 202 valence electrons. The van der Waals surface area contributed by atoms with Gasteiger partial charge < -0.3 is 19.4 Å². The zero-order valence-electron chi connectivity index (χ0n) is 22.1. The number of hydrogen-bond donors (Lipinski definition) is 1. The summed E-state index contributed by atoms with van der Waals surface area (Å²) in [6, 6.07) is 15.8. The highest BCUT2D eigenvalue weighted by Gasteiger charge is 2.32. The van der Waals surface area contributed by atoms with Gasteiger partial charge >= 0.3 is 11.7 Å². The molecule has 1 aromatic heterocycles. The van der Waals surface area contributed by atoms with E-state index in [1.165, 1.54) is 11.6 Å². The monoisotopic (exact) mass is 527 g/mol. The first kappa shape index (κ1) is 26.4. The predicted octanol–water partition coefficient (Wildman–Crippen LogP) is 4.22. The third-order valence-electron chi connectivity index (χ3n) is 7.15. The smallest absolute Gasteiger partial charge is 0.415 e. The summed E-state index contributed by atoms with van der Waals surface area (Å²) in [5.74, 6) is 0.206. The van der Waals surface area contributed by atoms with Crippen molar-refractivity contribution in [1.29, 1.82) is 0 Å². The summed E-state index contributed by atoms with van der Waals surface area (Å²) >= 11 is 0. The zero-order valence-corrected chi connectivity index (χ0v) is 22.1. The molecule has 0 spiro atoms. The summed E-state index contributed by atoms with van der Waals surface area (Å²) in [4.78, 5) is 41.8. The molecule has 2 aliphatic rings. The Morgan fingerprint density at radius 1 is 1.08 bits per heavy atom. The van der Waals surface area contributed by atoms with Crippen LogP contribution < -0.4 is 15.7 Å². The average Bonchev–Trinajstić information content (AvgIpc) is 2.93. The number of nitrogens with one attached hydrogen (secondary N) is 1. The van der Waals surface area contributed by atoms with E-state index in [0.29, 0.717) is 37.5 Å². The lowest BCUT2D eigenvalue weighted by Gasteiger charge is -2.41. The molecule has 0 saturated carbocycles. The highest BCUT2D eigenvalue weighted by atomic mass is 16.6. The van der Waals surface area contributed by atoms with E-state index in [1.807, 2.05) is 37.3 Å². The van der Waals surface area contributed by atoms with Crippen LogP contribution in [0.15, 0.2) is 87.6 Å². The van der Waals surface area contributed by atoms with Gasteiger partial charge in [-0.05, 0) is 48.6 Å². The number of amides is 2. The number of rotatable bonds is 7. The molecule has 0 bridgehead atoms. The maximum Gasteiger partial charge on any atom is 0.415 e. The van der Waals surface area contributed by atoms with Crippen LogP contribution >= 0.6 is 0 Å². The van der Waals surface area contributed by atoms with E-state index in [0.717, 1.165) is 35.9 Å². The fourth-order valence-corrected chi connectivity index (χ4v) is 5.13. The van der Waals surface area contributed by atoms with Crippen molar-refractivity contribution in [2.45, 2.75) is 32.2 Å². The first-order valence-corrected chi connectivity index (χ1v) is 13.4. The lowest BCUT2D eigenvalue weighted by molar-refractivity contribution is -0.120. The van der Waals surface area contributed by atoms with Crippen LogP contribution in [0.1, 0.15) is 24.0 Å². The van der Waals surface area contributed by atoms with Crippen molar-refractivity contribution < 1.29 is 18.7 Å². The van der Waals surface area contributed by atoms with Crippen LogP contribution in [0.5, 0.6) is 5.75 Å². The Hall–Kier alpha value is -4.17. The molecule has 1 unspecified atom stereocenters. The van der Waals surface area contributed by atoms with Gasteiger partial charge in [0, 0.05) is 50.2 Å². The highest BCUT2D eigenvalue weighted by molar-refractivity contribution is 5.82. The van der Waals surface area contributed by atoms with E-state index in [2.05, 4.69) is 28.4 Å². The Morgan fingerprint density at radius 3 is 2.72 bits per heavy atom. The third kappa shape index (κ3) is 6.83. The Bertz CT molecular complexity index is 1460. The van der Waals surface area contributed by atoms with Gasteiger partial charge in [-0.15, -0.1) is 0 Å². The molecule has 3 aromatic rings. The molecule has 2 aromatic carbocycles. The molecule has 5 rings (SSSR count). The topological polar surface area (TPSA) is 92.1 Å². The van der Waals surface area contributed by atoms with Crippen molar-refractivity contribution in [3.05, 3.63) is 99.9 Å². The summed E-state index contributed by atoms with van der Waals surface area (Å²) in [6.07, 6.45) is 8.51. The molecule has 0 radical (unpaired) electrons. The van der Waals surface area contributed by atoms with Crippen molar-refractivity contribution >= 4 is 23.0 Å². The van der Waals surface area contributed by atoms with Gasteiger partial charge in [-0.2, -0.15) is 0 Å². The number of benzene rings is 2. The van der Waals surface area contributed by atoms with Gasteiger partial charge in [0.15, 0.2) is 0 Å². The van der Waals surface area contributed by atoms with Crippen LogP contribution in [0.25, 0.3) is 11.0 Å². The minimum atomic E-state index is -0.497. The van der Waals surface area contributed by atoms with E-state index in [-0.39, 0.29) is 18.4 Å². The second-order valence-corrected chi connectivity index (χ2v) is 10.1. The minimum Gasteiger partial charge on any atom is -0.423 e. The number of piperazine rings is 1. The van der Waals surface area contributed by atoms with Gasteiger partial charge in [-0.3, -0.25) is 9.69 Å². The lowest BCUT2D eigenvalue weighted by Crippen LogP contribution is -2.59. The molecule has 1 atom stereocenters. The third-order valence-corrected chi connectivity index (χ3v) is 7.15. The van der Waals surface area contributed by atoms with Gasteiger partial charge in [0.05, 0.1) is 12.5 Å². The van der Waals surface area contributed by atoms with E-state index in [1.54, 1.807) is 23.1 Å². The molecule has 8 nitrogen and oxygen atoms in total. The number of carbonyl (C=O) groups is 2. The molecular weight excluding hydrogens is 494 g/mol. The Kier molecular flexibility index (Phi) is 8.22. The number of fused-ring (bicyclic) bond motifs is 1. The molecule has 1 N–H and O–H groups in total. The van der Waals surface area contributed by atoms with E-state index in [9.17, 15) is 14.4 Å². The molecule has 1 fully saturated rings.